The molecule has 0 amide bonds. The van der Waals surface area contributed by atoms with Gasteiger partial charge in [-0.05, 0) is 50.5 Å². The zero-order valence-electron chi connectivity index (χ0n) is 10.6. The first-order chi connectivity index (χ1) is 8.40. The van der Waals surface area contributed by atoms with Crippen molar-refractivity contribution in [3.05, 3.63) is 29.8 Å². The molecule has 1 aromatic carbocycles. The Bertz CT molecular complexity index is 332. The Morgan fingerprint density at radius 1 is 1.24 bits per heavy atom. The number of hydrogen-bond acceptors (Lipinski definition) is 3. The predicted octanol–water partition coefficient (Wildman–Crippen LogP) is 1.61. The average molecular weight is 233 g/mol. The molecule has 0 aromatic heterocycles. The van der Waals surface area contributed by atoms with Crippen LogP contribution < -0.4 is 16.0 Å². The van der Waals surface area contributed by atoms with Crippen molar-refractivity contribution in [3.63, 3.8) is 0 Å². The Kier molecular flexibility index (Phi) is 4.83. The fraction of sp³-hybridized carbons (Fsp3) is 0.571. The minimum absolute atomic E-state index is 0.706. The Labute approximate surface area is 104 Å². The van der Waals surface area contributed by atoms with E-state index in [4.69, 9.17) is 0 Å². The van der Waals surface area contributed by atoms with Gasteiger partial charge in [-0.2, -0.15) is 0 Å². The lowest BCUT2D eigenvalue weighted by Crippen LogP contribution is -2.40. The molecule has 1 fully saturated rings. The maximum atomic E-state index is 3.65. The molecular weight excluding hydrogens is 210 g/mol. The molecule has 0 spiro atoms. The number of anilines is 1. The fourth-order valence-corrected chi connectivity index (χ4v) is 2.42. The summed E-state index contributed by atoms with van der Waals surface area (Å²) in [6, 6.07) is 9.24. The molecule has 1 aromatic rings. The third-order valence-corrected chi connectivity index (χ3v) is 3.45. The first-order valence-corrected chi connectivity index (χ1v) is 6.60. The number of benzene rings is 1. The Morgan fingerprint density at radius 2 is 2.00 bits per heavy atom. The third-order valence-electron chi connectivity index (χ3n) is 3.45. The first kappa shape index (κ1) is 12.4. The van der Waals surface area contributed by atoms with E-state index < -0.39 is 0 Å². The molecule has 0 atom stereocenters. The van der Waals surface area contributed by atoms with E-state index in [1.54, 1.807) is 0 Å². The van der Waals surface area contributed by atoms with Gasteiger partial charge in [0, 0.05) is 18.8 Å². The van der Waals surface area contributed by atoms with Gasteiger partial charge in [0.1, 0.15) is 0 Å². The SMILES string of the molecule is CNc1ccccc1CCNC1CCNCC1. The van der Waals surface area contributed by atoms with Crippen molar-refractivity contribution < 1.29 is 0 Å². The van der Waals surface area contributed by atoms with Crippen LogP contribution in [0.3, 0.4) is 0 Å². The van der Waals surface area contributed by atoms with Crippen molar-refractivity contribution in [2.24, 2.45) is 0 Å². The zero-order valence-corrected chi connectivity index (χ0v) is 10.6. The minimum atomic E-state index is 0.706. The molecule has 0 unspecified atom stereocenters. The fourth-order valence-electron chi connectivity index (χ4n) is 2.42. The maximum absolute atomic E-state index is 3.65. The highest BCUT2D eigenvalue weighted by molar-refractivity contribution is 5.50. The van der Waals surface area contributed by atoms with Crippen LogP contribution in [0.4, 0.5) is 5.69 Å². The van der Waals surface area contributed by atoms with Crippen LogP contribution in [0.5, 0.6) is 0 Å². The van der Waals surface area contributed by atoms with Gasteiger partial charge >= 0.3 is 0 Å². The van der Waals surface area contributed by atoms with Crippen LogP contribution in [-0.4, -0.2) is 32.7 Å². The van der Waals surface area contributed by atoms with E-state index >= 15 is 0 Å². The van der Waals surface area contributed by atoms with Crippen LogP contribution in [-0.2, 0) is 6.42 Å². The Balaban J connectivity index is 1.77. The molecule has 0 saturated carbocycles. The van der Waals surface area contributed by atoms with Crippen LogP contribution in [0.2, 0.25) is 0 Å². The van der Waals surface area contributed by atoms with Gasteiger partial charge in [0.2, 0.25) is 0 Å². The summed E-state index contributed by atoms with van der Waals surface area (Å²) in [6.45, 7) is 3.39. The highest BCUT2D eigenvalue weighted by Gasteiger charge is 2.11. The summed E-state index contributed by atoms with van der Waals surface area (Å²) in [5.41, 5.74) is 2.65. The lowest BCUT2D eigenvalue weighted by atomic mass is 10.1. The molecule has 3 heteroatoms. The topological polar surface area (TPSA) is 36.1 Å². The van der Waals surface area contributed by atoms with Gasteiger partial charge in [0.05, 0.1) is 0 Å². The Hall–Kier alpha value is -1.06. The van der Waals surface area contributed by atoms with Crippen LogP contribution >= 0.6 is 0 Å². The summed E-state index contributed by atoms with van der Waals surface area (Å²) in [4.78, 5) is 0. The number of nitrogens with one attached hydrogen (secondary N) is 3. The van der Waals surface area contributed by atoms with E-state index in [0.29, 0.717) is 6.04 Å². The molecule has 1 aliphatic rings. The van der Waals surface area contributed by atoms with Gasteiger partial charge in [0.25, 0.3) is 0 Å². The summed E-state index contributed by atoms with van der Waals surface area (Å²) in [5, 5.41) is 10.3. The number of hydrogen-bond donors (Lipinski definition) is 3. The van der Waals surface area contributed by atoms with Crippen LogP contribution in [0, 0.1) is 0 Å². The van der Waals surface area contributed by atoms with Gasteiger partial charge in [-0.3, -0.25) is 0 Å². The first-order valence-electron chi connectivity index (χ1n) is 6.60. The van der Waals surface area contributed by atoms with E-state index in [0.717, 1.165) is 26.1 Å². The lowest BCUT2D eigenvalue weighted by molar-refractivity contribution is 0.390. The molecule has 0 radical (unpaired) electrons. The van der Waals surface area contributed by atoms with Crippen molar-refractivity contribution in [3.8, 4) is 0 Å². The zero-order chi connectivity index (χ0) is 11.9. The maximum Gasteiger partial charge on any atom is 0.0370 e. The predicted molar refractivity (Wildman–Crippen MR) is 73.6 cm³/mol. The van der Waals surface area contributed by atoms with Gasteiger partial charge < -0.3 is 16.0 Å². The minimum Gasteiger partial charge on any atom is -0.388 e. The van der Waals surface area contributed by atoms with Gasteiger partial charge in [-0.25, -0.2) is 0 Å². The molecular formula is C14H23N3. The second-order valence-electron chi connectivity index (χ2n) is 4.64. The van der Waals surface area contributed by atoms with E-state index in [9.17, 15) is 0 Å². The highest BCUT2D eigenvalue weighted by Crippen LogP contribution is 2.14. The lowest BCUT2D eigenvalue weighted by Gasteiger charge is -2.24. The molecule has 1 saturated heterocycles. The number of piperidine rings is 1. The largest absolute Gasteiger partial charge is 0.388 e. The van der Waals surface area contributed by atoms with Crippen molar-refractivity contribution in [1.82, 2.24) is 10.6 Å². The van der Waals surface area contributed by atoms with Crippen molar-refractivity contribution in [2.45, 2.75) is 25.3 Å². The van der Waals surface area contributed by atoms with Gasteiger partial charge in [-0.15, -0.1) is 0 Å². The second-order valence-corrected chi connectivity index (χ2v) is 4.64. The number of rotatable bonds is 5. The highest BCUT2D eigenvalue weighted by atomic mass is 15.0. The van der Waals surface area contributed by atoms with E-state index in [2.05, 4.69) is 40.2 Å². The summed E-state index contributed by atoms with van der Waals surface area (Å²) in [7, 11) is 1.99. The smallest absolute Gasteiger partial charge is 0.0370 e. The quantitative estimate of drug-likeness (QED) is 0.723. The van der Waals surface area contributed by atoms with Crippen LogP contribution in [0.1, 0.15) is 18.4 Å². The van der Waals surface area contributed by atoms with Crippen molar-refractivity contribution >= 4 is 5.69 Å². The van der Waals surface area contributed by atoms with Gasteiger partial charge in [-0.1, -0.05) is 18.2 Å². The molecule has 3 N–H and O–H groups in total. The molecule has 1 heterocycles. The Morgan fingerprint density at radius 3 is 2.76 bits per heavy atom. The summed E-state index contributed by atoms with van der Waals surface area (Å²) in [5.74, 6) is 0. The normalized spacial score (nSPS) is 17.0. The molecule has 17 heavy (non-hydrogen) atoms. The van der Waals surface area contributed by atoms with E-state index in [1.165, 1.54) is 24.1 Å². The van der Waals surface area contributed by atoms with Crippen LogP contribution in [0.25, 0.3) is 0 Å². The monoisotopic (exact) mass is 233 g/mol. The van der Waals surface area contributed by atoms with Crippen molar-refractivity contribution in [1.29, 1.82) is 0 Å². The summed E-state index contributed by atoms with van der Waals surface area (Å²) >= 11 is 0. The van der Waals surface area contributed by atoms with Crippen molar-refractivity contribution in [2.75, 3.05) is 32.0 Å². The molecule has 0 bridgehead atoms. The number of para-hydroxylation sites is 1. The molecule has 1 aliphatic heterocycles. The molecule has 3 nitrogen and oxygen atoms in total. The third kappa shape index (κ3) is 3.72. The summed E-state index contributed by atoms with van der Waals surface area (Å²) in [6.07, 6.45) is 3.61. The molecule has 94 valence electrons. The average Bonchev–Trinajstić information content (AvgIpc) is 2.40. The molecule has 0 aliphatic carbocycles. The standard InChI is InChI=1S/C14H23N3/c1-15-14-5-3-2-4-12(14)6-11-17-13-7-9-16-10-8-13/h2-5,13,15-17H,6-11H2,1H3. The van der Waals surface area contributed by atoms with E-state index in [1.807, 2.05) is 7.05 Å². The van der Waals surface area contributed by atoms with Crippen LogP contribution in [0.15, 0.2) is 24.3 Å². The van der Waals surface area contributed by atoms with Gasteiger partial charge in [0.15, 0.2) is 0 Å². The molecule has 2 rings (SSSR count). The summed E-state index contributed by atoms with van der Waals surface area (Å²) < 4.78 is 0. The second kappa shape index (κ2) is 6.62. The van der Waals surface area contributed by atoms with E-state index in [-0.39, 0.29) is 0 Å².